The summed E-state index contributed by atoms with van der Waals surface area (Å²) in [5, 5.41) is 1.48. The maximum Gasteiger partial charge on any atom is 0.408 e. The lowest BCUT2D eigenvalue weighted by molar-refractivity contribution is -0.153. The quantitative estimate of drug-likeness (QED) is 0.505. The minimum Gasteiger partial charge on any atom is -0.350 e. The summed E-state index contributed by atoms with van der Waals surface area (Å²) in [6, 6.07) is 2.59. The molecule has 1 aromatic carbocycles. The van der Waals surface area contributed by atoms with Crippen LogP contribution in [0.2, 0.25) is 0 Å². The number of amides is 1. The fourth-order valence-corrected chi connectivity index (χ4v) is 3.97. The van der Waals surface area contributed by atoms with E-state index in [9.17, 15) is 40.3 Å². The highest BCUT2D eigenvalue weighted by atomic mass is 19.4. The van der Waals surface area contributed by atoms with E-state index in [2.05, 4.69) is 4.98 Å². The Balaban J connectivity index is 1.90. The molecular weight excluding hydrogens is 497 g/mol. The Kier molecular flexibility index (Phi) is 6.43. The van der Waals surface area contributed by atoms with E-state index in [1.54, 1.807) is 5.32 Å². The van der Waals surface area contributed by atoms with Crippen LogP contribution in [-0.2, 0) is 0 Å². The van der Waals surface area contributed by atoms with E-state index >= 15 is 0 Å². The lowest BCUT2D eigenvalue weighted by Crippen LogP contribution is -2.46. The van der Waals surface area contributed by atoms with E-state index in [1.165, 1.54) is 24.0 Å². The summed E-state index contributed by atoms with van der Waals surface area (Å²) < 4.78 is 96.1. The van der Waals surface area contributed by atoms with Crippen LogP contribution in [0, 0.1) is 11.6 Å². The van der Waals surface area contributed by atoms with Gasteiger partial charge in [-0.3, -0.25) is 14.2 Å². The molecule has 1 aliphatic rings. The van der Waals surface area contributed by atoms with E-state index in [0.717, 1.165) is 22.9 Å². The van der Waals surface area contributed by atoms with Crippen molar-refractivity contribution in [2.45, 2.75) is 37.9 Å². The molecule has 0 saturated carbocycles. The van der Waals surface area contributed by atoms with Crippen LogP contribution in [0.5, 0.6) is 0 Å². The van der Waals surface area contributed by atoms with Crippen molar-refractivity contribution in [2.24, 2.45) is 0 Å². The van der Waals surface area contributed by atoms with Crippen LogP contribution in [0.3, 0.4) is 0 Å². The van der Waals surface area contributed by atoms with Crippen molar-refractivity contribution in [2.75, 3.05) is 18.0 Å². The molecule has 1 saturated heterocycles. The predicted octanol–water partition coefficient (Wildman–Crippen LogP) is 4.58. The second kappa shape index (κ2) is 9.10. The zero-order valence-electron chi connectivity index (χ0n) is 18.7. The lowest BCUT2D eigenvalue weighted by Gasteiger charge is -2.21. The van der Waals surface area contributed by atoms with Gasteiger partial charge >= 0.3 is 6.18 Å². The molecule has 1 atom stereocenters. The number of pyridine rings is 2. The highest BCUT2D eigenvalue weighted by Crippen LogP contribution is 2.31. The smallest absolute Gasteiger partial charge is 0.350 e. The van der Waals surface area contributed by atoms with E-state index < -0.39 is 66.1 Å². The van der Waals surface area contributed by atoms with Gasteiger partial charge in [-0.25, -0.2) is 22.5 Å². The Labute approximate surface area is 199 Å². The average Bonchev–Trinajstić information content (AvgIpc) is 3.16. The minimum atomic E-state index is -4.78. The number of nitrogens with one attached hydrogen (secondary N) is 1. The van der Waals surface area contributed by atoms with Crippen molar-refractivity contribution in [3.05, 3.63) is 63.9 Å². The fourth-order valence-electron chi connectivity index (χ4n) is 3.97. The lowest BCUT2D eigenvalue weighted by atomic mass is 10.1. The summed E-state index contributed by atoms with van der Waals surface area (Å²) in [4.78, 5) is 31.2. The molecule has 0 bridgehead atoms. The molecule has 13 heteroatoms. The second-order valence-corrected chi connectivity index (χ2v) is 8.38. The first-order valence-electron chi connectivity index (χ1n) is 10.8. The number of carbonyl (C=O) groups is 1. The zero-order chi connectivity index (χ0) is 26.4. The highest BCUT2D eigenvalue weighted by Gasteiger charge is 2.40. The Morgan fingerprint density at radius 3 is 2.50 bits per heavy atom. The topological polar surface area (TPSA) is 67.2 Å². The summed E-state index contributed by atoms with van der Waals surface area (Å²) in [6.07, 6.45) is -4.91. The molecule has 1 unspecified atom stereocenters. The summed E-state index contributed by atoms with van der Waals surface area (Å²) in [5.74, 6) is -6.33. The van der Waals surface area contributed by atoms with Crippen molar-refractivity contribution in [1.29, 1.82) is 0 Å². The maximum atomic E-state index is 14.7. The third-order valence-electron chi connectivity index (χ3n) is 5.85. The largest absolute Gasteiger partial charge is 0.408 e. The number of fused-ring (bicyclic) bond motifs is 1. The number of aromatic nitrogens is 2. The molecule has 3 aromatic rings. The molecule has 1 N–H and O–H groups in total. The monoisotopic (exact) mass is 516 g/mol. The number of hydrogen-bond acceptors (Lipinski definition) is 4. The number of alkyl halides is 5. The number of nitrogens with zero attached hydrogens (tertiary/aromatic N) is 3. The summed E-state index contributed by atoms with van der Waals surface area (Å²) >= 11 is 0. The molecule has 1 fully saturated rings. The van der Waals surface area contributed by atoms with Gasteiger partial charge in [0.2, 0.25) is 5.43 Å². The van der Waals surface area contributed by atoms with Crippen LogP contribution in [0.15, 0.2) is 41.3 Å². The molecule has 36 heavy (non-hydrogen) atoms. The van der Waals surface area contributed by atoms with Gasteiger partial charge in [0.05, 0.1) is 17.6 Å². The van der Waals surface area contributed by atoms with Crippen LogP contribution in [-0.4, -0.2) is 46.7 Å². The van der Waals surface area contributed by atoms with Crippen LogP contribution in [0.1, 0.15) is 30.1 Å². The van der Waals surface area contributed by atoms with Gasteiger partial charge in [0.1, 0.15) is 29.1 Å². The van der Waals surface area contributed by atoms with Gasteiger partial charge < -0.3 is 10.2 Å². The Morgan fingerprint density at radius 2 is 1.92 bits per heavy atom. The third kappa shape index (κ3) is 4.86. The normalized spacial score (nSPS) is 16.4. The molecule has 1 amide bonds. The first-order chi connectivity index (χ1) is 16.8. The van der Waals surface area contributed by atoms with Gasteiger partial charge in [0.25, 0.3) is 11.8 Å². The van der Waals surface area contributed by atoms with Crippen molar-refractivity contribution in [3.8, 4) is 5.69 Å². The SMILES string of the molecule is CCC(NC(=O)c1cn(-c2ccc(F)cc2F)c2nc(N3CCC(F)(F)C3)ccc2c1=O)C(F)(F)F. The molecular formula is C23H19F7N4O2. The Hall–Kier alpha value is -3.64. The maximum absolute atomic E-state index is 14.7. The Morgan fingerprint density at radius 1 is 1.19 bits per heavy atom. The first-order valence-corrected chi connectivity index (χ1v) is 10.8. The van der Waals surface area contributed by atoms with Gasteiger partial charge in [0.15, 0.2) is 5.65 Å². The van der Waals surface area contributed by atoms with Crippen LogP contribution >= 0.6 is 0 Å². The minimum absolute atomic E-state index is 0.0377. The van der Waals surface area contributed by atoms with Crippen LogP contribution in [0.25, 0.3) is 16.7 Å². The predicted molar refractivity (Wildman–Crippen MR) is 117 cm³/mol. The molecule has 0 aliphatic carbocycles. The Bertz CT molecular complexity index is 1390. The number of anilines is 1. The number of carbonyl (C=O) groups excluding carboxylic acids is 1. The van der Waals surface area contributed by atoms with Gasteiger partial charge in [-0.05, 0) is 30.7 Å². The van der Waals surface area contributed by atoms with Crippen molar-refractivity contribution >= 4 is 22.8 Å². The van der Waals surface area contributed by atoms with Crippen molar-refractivity contribution in [1.82, 2.24) is 14.9 Å². The van der Waals surface area contributed by atoms with Crippen LogP contribution in [0.4, 0.5) is 36.6 Å². The molecule has 192 valence electrons. The summed E-state index contributed by atoms with van der Waals surface area (Å²) in [7, 11) is 0. The van der Waals surface area contributed by atoms with E-state index in [1.807, 2.05) is 0 Å². The average molecular weight is 516 g/mol. The summed E-state index contributed by atoms with van der Waals surface area (Å²) in [5.41, 5.74) is -2.35. The highest BCUT2D eigenvalue weighted by molar-refractivity contribution is 5.97. The molecule has 2 aromatic heterocycles. The molecule has 0 radical (unpaired) electrons. The molecule has 3 heterocycles. The van der Waals surface area contributed by atoms with Crippen molar-refractivity contribution < 1.29 is 35.5 Å². The number of rotatable bonds is 5. The molecule has 4 rings (SSSR count). The summed E-state index contributed by atoms with van der Waals surface area (Å²) in [6.45, 7) is 0.506. The number of halogens is 7. The fraction of sp³-hybridized carbons (Fsp3) is 0.348. The third-order valence-corrected chi connectivity index (χ3v) is 5.85. The molecule has 0 spiro atoms. The number of benzene rings is 1. The molecule has 1 aliphatic heterocycles. The van der Waals surface area contributed by atoms with E-state index in [0.29, 0.717) is 6.07 Å². The number of hydrogen-bond donors (Lipinski definition) is 1. The standard InChI is InChI=1S/C23H19F7N4O2/c1-2-17(23(28,29)30)31-21(36)14-10-34(16-5-3-12(24)9-15(16)25)20-13(19(14)35)4-6-18(32-20)33-8-7-22(26,27)11-33/h3-6,9-10,17H,2,7-8,11H2,1H3,(H,31,36). The van der Waals surface area contributed by atoms with Gasteiger partial charge in [-0.1, -0.05) is 6.92 Å². The zero-order valence-corrected chi connectivity index (χ0v) is 18.7. The second-order valence-electron chi connectivity index (χ2n) is 8.38. The van der Waals surface area contributed by atoms with Crippen molar-refractivity contribution in [3.63, 3.8) is 0 Å². The first kappa shape index (κ1) is 25.5. The van der Waals surface area contributed by atoms with E-state index in [-0.39, 0.29) is 29.1 Å². The van der Waals surface area contributed by atoms with Gasteiger partial charge in [-0.15, -0.1) is 0 Å². The van der Waals surface area contributed by atoms with E-state index in [4.69, 9.17) is 0 Å². The van der Waals surface area contributed by atoms with Gasteiger partial charge in [-0.2, -0.15) is 13.2 Å². The molecule has 6 nitrogen and oxygen atoms in total. The van der Waals surface area contributed by atoms with Gasteiger partial charge in [0, 0.05) is 25.2 Å². The van der Waals surface area contributed by atoms with Crippen LogP contribution < -0.4 is 15.6 Å².